The molecule has 19 heavy (non-hydrogen) atoms. The van der Waals surface area contributed by atoms with Crippen LogP contribution in [0.25, 0.3) is 0 Å². The lowest BCUT2D eigenvalue weighted by atomic mass is 9.99. The highest BCUT2D eigenvalue weighted by atomic mass is 16.1. The zero-order valence-corrected chi connectivity index (χ0v) is 12.8. The summed E-state index contributed by atoms with van der Waals surface area (Å²) in [5.41, 5.74) is 4.13. The van der Waals surface area contributed by atoms with Crippen LogP contribution in [0.5, 0.6) is 0 Å². The molecule has 0 aliphatic rings. The molecular weight excluding hydrogens is 236 g/mol. The molecule has 0 saturated carbocycles. The van der Waals surface area contributed by atoms with Gasteiger partial charge >= 0.3 is 0 Å². The van der Waals surface area contributed by atoms with Crippen LogP contribution in [-0.4, -0.2) is 37.0 Å². The third kappa shape index (κ3) is 4.35. The maximum Gasteiger partial charge on any atom is 0.251 e. The van der Waals surface area contributed by atoms with Gasteiger partial charge in [-0.15, -0.1) is 0 Å². The van der Waals surface area contributed by atoms with Crippen LogP contribution in [0.4, 0.5) is 0 Å². The Kier molecular flexibility index (Phi) is 6.03. The van der Waals surface area contributed by atoms with Gasteiger partial charge in [-0.2, -0.15) is 0 Å². The van der Waals surface area contributed by atoms with Crippen molar-refractivity contribution in [2.75, 3.05) is 26.2 Å². The lowest BCUT2D eigenvalue weighted by molar-refractivity contribution is 0.0947. The number of nitrogens with zero attached hydrogens (tertiary/aromatic N) is 1. The number of nitrogens with one attached hydrogen (secondary N) is 1. The van der Waals surface area contributed by atoms with Crippen molar-refractivity contribution < 1.29 is 4.79 Å². The van der Waals surface area contributed by atoms with Crippen LogP contribution in [0, 0.1) is 20.8 Å². The number of hydrogen-bond acceptors (Lipinski definition) is 2. The highest BCUT2D eigenvalue weighted by Crippen LogP contribution is 2.16. The Bertz CT molecular complexity index is 413. The first-order valence-corrected chi connectivity index (χ1v) is 7.08. The lowest BCUT2D eigenvalue weighted by Crippen LogP contribution is -2.35. The Labute approximate surface area is 117 Å². The summed E-state index contributed by atoms with van der Waals surface area (Å²) in [5.74, 6) is 0.0437. The van der Waals surface area contributed by atoms with Crippen molar-refractivity contribution in [2.24, 2.45) is 0 Å². The van der Waals surface area contributed by atoms with Crippen LogP contribution in [0.3, 0.4) is 0 Å². The number of benzene rings is 1. The molecule has 0 radical (unpaired) electrons. The van der Waals surface area contributed by atoms with Gasteiger partial charge in [-0.1, -0.05) is 31.5 Å². The second kappa shape index (κ2) is 7.29. The van der Waals surface area contributed by atoms with Gasteiger partial charge in [-0.25, -0.2) is 0 Å². The van der Waals surface area contributed by atoms with Crippen molar-refractivity contribution in [1.82, 2.24) is 10.2 Å². The molecule has 0 aliphatic carbocycles. The third-order valence-corrected chi connectivity index (χ3v) is 3.51. The Morgan fingerprint density at radius 2 is 1.63 bits per heavy atom. The van der Waals surface area contributed by atoms with Crippen LogP contribution >= 0.6 is 0 Å². The number of carbonyl (C=O) groups is 1. The fraction of sp³-hybridized carbons (Fsp3) is 0.562. The number of amides is 1. The van der Waals surface area contributed by atoms with Crippen molar-refractivity contribution >= 4 is 5.91 Å². The summed E-state index contributed by atoms with van der Waals surface area (Å²) < 4.78 is 0. The van der Waals surface area contributed by atoms with Gasteiger partial charge in [-0.05, 0) is 45.0 Å². The summed E-state index contributed by atoms with van der Waals surface area (Å²) in [6.45, 7) is 14.0. The Hall–Kier alpha value is -1.35. The average molecular weight is 262 g/mol. The SMILES string of the molecule is CCN(CC)CCNC(=O)c1c(C)cc(C)cc1C. The number of aryl methyl sites for hydroxylation is 3. The molecule has 0 aliphatic heterocycles. The van der Waals surface area contributed by atoms with E-state index in [-0.39, 0.29) is 5.91 Å². The molecule has 0 spiro atoms. The molecule has 3 nitrogen and oxygen atoms in total. The van der Waals surface area contributed by atoms with Crippen LogP contribution in [0.15, 0.2) is 12.1 Å². The Balaban J connectivity index is 2.64. The molecule has 0 atom stereocenters. The normalized spacial score (nSPS) is 10.8. The van der Waals surface area contributed by atoms with E-state index in [0.29, 0.717) is 6.54 Å². The quantitative estimate of drug-likeness (QED) is 0.855. The largest absolute Gasteiger partial charge is 0.351 e. The highest BCUT2D eigenvalue weighted by molar-refractivity contribution is 5.97. The summed E-state index contributed by atoms with van der Waals surface area (Å²) >= 11 is 0. The van der Waals surface area contributed by atoms with Crippen molar-refractivity contribution in [3.8, 4) is 0 Å². The van der Waals surface area contributed by atoms with E-state index in [9.17, 15) is 4.79 Å². The fourth-order valence-electron chi connectivity index (χ4n) is 2.49. The topological polar surface area (TPSA) is 32.3 Å². The lowest BCUT2D eigenvalue weighted by Gasteiger charge is -2.18. The zero-order valence-electron chi connectivity index (χ0n) is 12.8. The minimum absolute atomic E-state index is 0.0437. The summed E-state index contributed by atoms with van der Waals surface area (Å²) in [6, 6.07) is 4.12. The second-order valence-corrected chi connectivity index (χ2v) is 5.06. The number of rotatable bonds is 6. The molecular formula is C16H26N2O. The van der Waals surface area contributed by atoms with E-state index in [4.69, 9.17) is 0 Å². The molecule has 1 aromatic rings. The summed E-state index contributed by atoms with van der Waals surface area (Å²) in [6.07, 6.45) is 0. The van der Waals surface area contributed by atoms with Crippen LogP contribution in [0.2, 0.25) is 0 Å². The van der Waals surface area contributed by atoms with Crippen molar-refractivity contribution in [3.05, 3.63) is 34.4 Å². The molecule has 0 bridgehead atoms. The van der Waals surface area contributed by atoms with E-state index in [1.54, 1.807) is 0 Å². The maximum atomic E-state index is 12.2. The minimum Gasteiger partial charge on any atom is -0.351 e. The van der Waals surface area contributed by atoms with Crippen LogP contribution < -0.4 is 5.32 Å². The predicted molar refractivity (Wildman–Crippen MR) is 80.8 cm³/mol. The van der Waals surface area contributed by atoms with Gasteiger partial charge in [0.2, 0.25) is 0 Å². The van der Waals surface area contributed by atoms with Gasteiger partial charge in [0, 0.05) is 18.7 Å². The van der Waals surface area contributed by atoms with Crippen LogP contribution in [0.1, 0.15) is 40.9 Å². The van der Waals surface area contributed by atoms with Gasteiger partial charge in [0.05, 0.1) is 0 Å². The summed E-state index contributed by atoms with van der Waals surface area (Å²) in [5, 5.41) is 3.02. The highest BCUT2D eigenvalue weighted by Gasteiger charge is 2.12. The van der Waals surface area contributed by atoms with Gasteiger partial charge in [0.1, 0.15) is 0 Å². The molecule has 0 saturated heterocycles. The van der Waals surface area contributed by atoms with Gasteiger partial charge in [0.25, 0.3) is 5.91 Å². The third-order valence-electron chi connectivity index (χ3n) is 3.51. The number of carbonyl (C=O) groups excluding carboxylic acids is 1. The van der Waals surface area contributed by atoms with Crippen molar-refractivity contribution in [3.63, 3.8) is 0 Å². The van der Waals surface area contributed by atoms with E-state index in [1.165, 1.54) is 5.56 Å². The summed E-state index contributed by atoms with van der Waals surface area (Å²) in [7, 11) is 0. The molecule has 0 heterocycles. The molecule has 1 aromatic carbocycles. The number of likely N-dealkylation sites (N-methyl/N-ethyl adjacent to an activating group) is 1. The van der Waals surface area contributed by atoms with Gasteiger partial charge in [0.15, 0.2) is 0 Å². The minimum atomic E-state index is 0.0437. The molecule has 3 heteroatoms. The van der Waals surface area contributed by atoms with E-state index < -0.39 is 0 Å². The molecule has 1 rings (SSSR count). The number of hydrogen-bond donors (Lipinski definition) is 1. The average Bonchev–Trinajstić information content (AvgIpc) is 2.33. The van der Waals surface area contributed by atoms with Gasteiger partial charge in [-0.3, -0.25) is 4.79 Å². The van der Waals surface area contributed by atoms with Crippen molar-refractivity contribution in [1.29, 1.82) is 0 Å². The molecule has 0 aromatic heterocycles. The Morgan fingerprint density at radius 3 is 2.11 bits per heavy atom. The fourth-order valence-corrected chi connectivity index (χ4v) is 2.49. The van der Waals surface area contributed by atoms with E-state index in [1.807, 2.05) is 13.8 Å². The first kappa shape index (κ1) is 15.7. The predicted octanol–water partition coefficient (Wildman–Crippen LogP) is 2.68. The molecule has 0 unspecified atom stereocenters. The van der Waals surface area contributed by atoms with E-state index in [0.717, 1.165) is 36.3 Å². The van der Waals surface area contributed by atoms with E-state index in [2.05, 4.69) is 43.1 Å². The summed E-state index contributed by atoms with van der Waals surface area (Å²) in [4.78, 5) is 14.5. The molecule has 1 N–H and O–H groups in total. The monoisotopic (exact) mass is 262 g/mol. The maximum absolute atomic E-state index is 12.2. The van der Waals surface area contributed by atoms with Crippen molar-refractivity contribution in [2.45, 2.75) is 34.6 Å². The first-order chi connectivity index (χ1) is 8.99. The van der Waals surface area contributed by atoms with E-state index >= 15 is 0 Å². The second-order valence-electron chi connectivity index (χ2n) is 5.06. The zero-order chi connectivity index (χ0) is 14.4. The van der Waals surface area contributed by atoms with Crippen LogP contribution in [-0.2, 0) is 0 Å². The molecule has 106 valence electrons. The van der Waals surface area contributed by atoms with Gasteiger partial charge < -0.3 is 10.2 Å². The standard InChI is InChI=1S/C16H26N2O/c1-6-18(7-2)9-8-17-16(19)15-13(4)10-12(3)11-14(15)5/h10-11H,6-9H2,1-5H3,(H,17,19). The first-order valence-electron chi connectivity index (χ1n) is 7.08. The molecule has 0 fully saturated rings. The smallest absolute Gasteiger partial charge is 0.251 e. The Morgan fingerprint density at radius 1 is 1.11 bits per heavy atom. The molecule has 1 amide bonds.